The van der Waals surface area contributed by atoms with Crippen molar-refractivity contribution in [3.05, 3.63) is 17.1 Å². The number of anilines is 1. The molecule has 0 saturated heterocycles. The Balaban J connectivity index is 2.43. The third kappa shape index (κ3) is 2.52. The van der Waals surface area contributed by atoms with E-state index in [2.05, 4.69) is 9.97 Å². The zero-order chi connectivity index (χ0) is 12.6. The number of aryl methyl sites for hydroxylation is 1. The molecule has 0 fully saturated rings. The Labute approximate surface area is 97.6 Å². The molecular formula is C9H11N3O4S. The lowest BCUT2D eigenvalue weighted by Gasteiger charge is -2.17. The maximum absolute atomic E-state index is 11.4. The Morgan fingerprint density at radius 3 is 2.76 bits per heavy atom. The Morgan fingerprint density at radius 2 is 2.12 bits per heavy atom. The molecule has 8 heteroatoms. The standard InChI is InChI=1S/C9H11N3O4S/c10-9-5-4-17(15,16)2-1-6(5)11-7(12-9)3-8(13)14/h1-4H2,(H,13,14)(H2,10,11,12). The predicted octanol–water partition coefficient (Wildman–Crippen LogP) is -0.843. The minimum absolute atomic E-state index is 0.0168. The Morgan fingerprint density at radius 1 is 1.41 bits per heavy atom. The quantitative estimate of drug-likeness (QED) is 0.707. The molecule has 0 spiro atoms. The molecule has 7 nitrogen and oxygen atoms in total. The highest BCUT2D eigenvalue weighted by Crippen LogP contribution is 2.23. The van der Waals surface area contributed by atoms with Gasteiger partial charge in [0, 0.05) is 12.0 Å². The van der Waals surface area contributed by atoms with Gasteiger partial charge in [0.25, 0.3) is 0 Å². The second kappa shape index (κ2) is 3.95. The first-order valence-corrected chi connectivity index (χ1v) is 6.76. The molecular weight excluding hydrogens is 246 g/mol. The zero-order valence-electron chi connectivity index (χ0n) is 8.88. The summed E-state index contributed by atoms with van der Waals surface area (Å²) in [7, 11) is -3.13. The number of aromatic nitrogens is 2. The van der Waals surface area contributed by atoms with Gasteiger partial charge in [-0.2, -0.15) is 0 Å². The number of hydrogen-bond donors (Lipinski definition) is 2. The van der Waals surface area contributed by atoms with Crippen LogP contribution in [0.2, 0.25) is 0 Å². The molecule has 1 aromatic heterocycles. The fraction of sp³-hybridized carbons (Fsp3) is 0.444. The van der Waals surface area contributed by atoms with Crippen LogP contribution in [0.15, 0.2) is 0 Å². The normalized spacial score (nSPS) is 17.4. The monoisotopic (exact) mass is 257 g/mol. The van der Waals surface area contributed by atoms with Gasteiger partial charge in [-0.1, -0.05) is 0 Å². The van der Waals surface area contributed by atoms with Crippen LogP contribution in [0.5, 0.6) is 0 Å². The van der Waals surface area contributed by atoms with E-state index < -0.39 is 15.8 Å². The summed E-state index contributed by atoms with van der Waals surface area (Å²) >= 11 is 0. The molecule has 0 unspecified atom stereocenters. The Bertz CT molecular complexity index is 582. The number of carboxylic acids is 1. The van der Waals surface area contributed by atoms with Crippen molar-refractivity contribution in [3.8, 4) is 0 Å². The third-order valence-electron chi connectivity index (χ3n) is 2.49. The van der Waals surface area contributed by atoms with Gasteiger partial charge in [0.05, 0.1) is 17.2 Å². The molecule has 1 aliphatic heterocycles. The lowest BCUT2D eigenvalue weighted by molar-refractivity contribution is -0.136. The average Bonchev–Trinajstić information content (AvgIpc) is 2.18. The fourth-order valence-electron chi connectivity index (χ4n) is 1.73. The molecule has 0 saturated carbocycles. The number of carboxylic acid groups (broad SMARTS) is 1. The molecule has 0 amide bonds. The molecule has 0 aliphatic carbocycles. The van der Waals surface area contributed by atoms with Crippen LogP contribution in [-0.4, -0.2) is 35.2 Å². The summed E-state index contributed by atoms with van der Waals surface area (Å²) in [5.41, 5.74) is 6.58. The van der Waals surface area contributed by atoms with Crippen molar-refractivity contribution in [1.82, 2.24) is 9.97 Å². The summed E-state index contributed by atoms with van der Waals surface area (Å²) in [6.07, 6.45) is -0.0543. The van der Waals surface area contributed by atoms with Crippen LogP contribution in [0.3, 0.4) is 0 Å². The van der Waals surface area contributed by atoms with Crippen molar-refractivity contribution >= 4 is 21.6 Å². The summed E-state index contributed by atoms with van der Waals surface area (Å²) in [5, 5.41) is 8.63. The van der Waals surface area contributed by atoms with Gasteiger partial charge in [0.1, 0.15) is 18.1 Å². The molecule has 3 N–H and O–H groups in total. The van der Waals surface area contributed by atoms with Gasteiger partial charge in [-0.05, 0) is 0 Å². The van der Waals surface area contributed by atoms with Crippen LogP contribution in [0, 0.1) is 0 Å². The molecule has 17 heavy (non-hydrogen) atoms. The maximum atomic E-state index is 11.4. The first-order chi connectivity index (χ1) is 7.87. The largest absolute Gasteiger partial charge is 0.481 e. The summed E-state index contributed by atoms with van der Waals surface area (Å²) in [6.45, 7) is 0. The number of nitrogens with two attached hydrogens (primary N) is 1. The van der Waals surface area contributed by atoms with Crippen LogP contribution in [0.1, 0.15) is 17.1 Å². The summed E-state index contributed by atoms with van der Waals surface area (Å²) in [4.78, 5) is 18.4. The van der Waals surface area contributed by atoms with Gasteiger partial charge >= 0.3 is 5.97 Å². The van der Waals surface area contributed by atoms with Crippen molar-refractivity contribution in [2.45, 2.75) is 18.6 Å². The maximum Gasteiger partial charge on any atom is 0.311 e. The number of hydrogen-bond acceptors (Lipinski definition) is 6. The van der Waals surface area contributed by atoms with Gasteiger partial charge in [-0.15, -0.1) is 0 Å². The van der Waals surface area contributed by atoms with Gasteiger partial charge < -0.3 is 10.8 Å². The average molecular weight is 257 g/mol. The van der Waals surface area contributed by atoms with Crippen LogP contribution >= 0.6 is 0 Å². The molecule has 1 aromatic rings. The molecule has 0 bridgehead atoms. The van der Waals surface area contributed by atoms with E-state index in [4.69, 9.17) is 10.8 Å². The summed E-state index contributed by atoms with van der Waals surface area (Å²) in [5.74, 6) is -1.01. The van der Waals surface area contributed by atoms with Crippen molar-refractivity contribution < 1.29 is 18.3 Å². The number of nitrogens with zero attached hydrogens (tertiary/aromatic N) is 2. The summed E-state index contributed by atoms with van der Waals surface area (Å²) < 4.78 is 22.8. The van der Waals surface area contributed by atoms with Crippen LogP contribution in [-0.2, 0) is 33.2 Å². The number of rotatable bonds is 2. The van der Waals surface area contributed by atoms with E-state index in [1.165, 1.54) is 0 Å². The van der Waals surface area contributed by atoms with E-state index in [9.17, 15) is 13.2 Å². The predicted molar refractivity (Wildman–Crippen MR) is 59.0 cm³/mol. The van der Waals surface area contributed by atoms with E-state index >= 15 is 0 Å². The minimum Gasteiger partial charge on any atom is -0.481 e. The van der Waals surface area contributed by atoms with E-state index in [0.29, 0.717) is 11.3 Å². The number of nitrogen functional groups attached to an aromatic ring is 1. The van der Waals surface area contributed by atoms with Crippen molar-refractivity contribution in [2.24, 2.45) is 0 Å². The van der Waals surface area contributed by atoms with Crippen LogP contribution in [0.4, 0.5) is 5.82 Å². The van der Waals surface area contributed by atoms with Gasteiger partial charge in [-0.3, -0.25) is 4.79 Å². The second-order valence-corrected chi connectivity index (χ2v) is 6.05. The first kappa shape index (κ1) is 11.8. The highest BCUT2D eigenvalue weighted by Gasteiger charge is 2.25. The fourth-order valence-corrected chi connectivity index (χ4v) is 3.13. The highest BCUT2D eigenvalue weighted by atomic mass is 32.2. The SMILES string of the molecule is Nc1nc(CC(=O)O)nc2c1CS(=O)(=O)CC2. The van der Waals surface area contributed by atoms with Crippen LogP contribution in [0.25, 0.3) is 0 Å². The van der Waals surface area contributed by atoms with E-state index in [1.807, 2.05) is 0 Å². The molecule has 92 valence electrons. The molecule has 0 radical (unpaired) electrons. The highest BCUT2D eigenvalue weighted by molar-refractivity contribution is 7.90. The Kier molecular flexibility index (Phi) is 2.74. The van der Waals surface area contributed by atoms with E-state index in [-0.39, 0.29) is 36.0 Å². The van der Waals surface area contributed by atoms with Crippen molar-refractivity contribution in [3.63, 3.8) is 0 Å². The number of sulfone groups is 1. The molecule has 2 rings (SSSR count). The van der Waals surface area contributed by atoms with E-state index in [0.717, 1.165) is 0 Å². The minimum atomic E-state index is -3.13. The van der Waals surface area contributed by atoms with Gasteiger partial charge in [0.2, 0.25) is 0 Å². The van der Waals surface area contributed by atoms with Gasteiger partial charge in [0.15, 0.2) is 9.84 Å². The second-order valence-electron chi connectivity index (χ2n) is 3.86. The third-order valence-corrected chi connectivity index (χ3v) is 4.05. The lowest BCUT2D eigenvalue weighted by Crippen LogP contribution is -2.23. The number of carbonyl (C=O) groups is 1. The molecule has 0 atom stereocenters. The lowest BCUT2D eigenvalue weighted by atomic mass is 10.2. The van der Waals surface area contributed by atoms with Gasteiger partial charge in [-0.25, -0.2) is 18.4 Å². The first-order valence-electron chi connectivity index (χ1n) is 4.94. The topological polar surface area (TPSA) is 123 Å². The smallest absolute Gasteiger partial charge is 0.311 e. The number of fused-ring (bicyclic) bond motifs is 1. The number of aliphatic carboxylic acids is 1. The van der Waals surface area contributed by atoms with E-state index in [1.54, 1.807) is 0 Å². The van der Waals surface area contributed by atoms with Crippen LogP contribution < -0.4 is 5.73 Å². The molecule has 1 aliphatic rings. The van der Waals surface area contributed by atoms with Crippen molar-refractivity contribution in [1.29, 1.82) is 0 Å². The van der Waals surface area contributed by atoms with Crippen molar-refractivity contribution in [2.75, 3.05) is 11.5 Å². The molecule has 2 heterocycles. The Hall–Kier alpha value is -1.70. The zero-order valence-corrected chi connectivity index (χ0v) is 9.70. The molecule has 0 aromatic carbocycles. The summed E-state index contributed by atoms with van der Waals surface area (Å²) in [6, 6.07) is 0.